The Labute approximate surface area is 119 Å². The third kappa shape index (κ3) is 4.40. The van der Waals surface area contributed by atoms with E-state index in [0.717, 1.165) is 18.5 Å². The van der Waals surface area contributed by atoms with Gasteiger partial charge in [-0.2, -0.15) is 0 Å². The maximum Gasteiger partial charge on any atom is 0.256 e. The smallest absolute Gasteiger partial charge is 0.256 e. The number of aliphatic hydroxyl groups is 1. The molecule has 0 atom stereocenters. The summed E-state index contributed by atoms with van der Waals surface area (Å²) in [5, 5.41) is 12.6. The molecule has 0 aliphatic heterocycles. The predicted octanol–water partition coefficient (Wildman–Crippen LogP) is 2.62. The average Bonchev–Trinajstić information content (AvgIpc) is 2.42. The largest absolute Gasteiger partial charge is 0.395 e. The molecule has 1 amide bonds. The van der Waals surface area contributed by atoms with Gasteiger partial charge in [-0.3, -0.25) is 4.79 Å². The molecule has 1 rings (SSSR count). The van der Waals surface area contributed by atoms with Crippen molar-refractivity contribution in [1.82, 2.24) is 4.90 Å². The topological polar surface area (TPSA) is 52.6 Å². The van der Waals surface area contributed by atoms with Gasteiger partial charge in [0.25, 0.3) is 5.91 Å². The van der Waals surface area contributed by atoms with Crippen LogP contribution < -0.4 is 5.32 Å². The summed E-state index contributed by atoms with van der Waals surface area (Å²) < 4.78 is 0. The number of nitrogens with one attached hydrogen (secondary N) is 1. The first-order chi connectivity index (χ1) is 9.13. The van der Waals surface area contributed by atoms with Gasteiger partial charge < -0.3 is 15.3 Å². The van der Waals surface area contributed by atoms with Crippen molar-refractivity contribution < 1.29 is 9.90 Å². The summed E-state index contributed by atoms with van der Waals surface area (Å²) in [5.74, 6) is -0.102. The summed E-state index contributed by atoms with van der Waals surface area (Å²) in [6.07, 6.45) is 1.92. The number of hydrogen-bond acceptors (Lipinski definition) is 3. The van der Waals surface area contributed by atoms with Gasteiger partial charge in [0.1, 0.15) is 0 Å². The van der Waals surface area contributed by atoms with Gasteiger partial charge >= 0.3 is 0 Å². The fourth-order valence-corrected chi connectivity index (χ4v) is 2.04. The lowest BCUT2D eigenvalue weighted by atomic mass is 10.1. The van der Waals surface area contributed by atoms with Crippen LogP contribution in [0.2, 0.25) is 5.02 Å². The zero-order chi connectivity index (χ0) is 14.3. The van der Waals surface area contributed by atoms with Crippen LogP contribution in [0.4, 0.5) is 5.69 Å². The summed E-state index contributed by atoms with van der Waals surface area (Å²) in [4.78, 5) is 14.2. The Bertz CT molecular complexity index is 424. The first-order valence-corrected chi connectivity index (χ1v) is 6.89. The van der Waals surface area contributed by atoms with Crippen molar-refractivity contribution in [3.63, 3.8) is 0 Å². The summed E-state index contributed by atoms with van der Waals surface area (Å²) in [6.45, 7) is 3.02. The van der Waals surface area contributed by atoms with Crippen molar-refractivity contribution in [2.45, 2.75) is 19.8 Å². The van der Waals surface area contributed by atoms with Crippen molar-refractivity contribution in [3.05, 3.63) is 28.8 Å². The van der Waals surface area contributed by atoms with E-state index in [4.69, 9.17) is 16.7 Å². The molecule has 2 N–H and O–H groups in total. The molecular formula is C14H21ClN2O2. The number of nitrogens with zero attached hydrogens (tertiary/aromatic N) is 1. The lowest BCUT2D eigenvalue weighted by molar-refractivity contribution is 0.0720. The molecule has 106 valence electrons. The quantitative estimate of drug-likeness (QED) is 0.809. The van der Waals surface area contributed by atoms with Crippen LogP contribution in [-0.4, -0.2) is 42.7 Å². The molecule has 0 radical (unpaired) electrons. The Morgan fingerprint density at radius 3 is 2.74 bits per heavy atom. The maximum absolute atomic E-state index is 12.5. The molecule has 0 spiro atoms. The molecule has 1 aromatic carbocycles. The Hall–Kier alpha value is -1.26. The monoisotopic (exact) mass is 284 g/mol. The van der Waals surface area contributed by atoms with Gasteiger partial charge in [0.2, 0.25) is 0 Å². The molecule has 0 aliphatic carbocycles. The van der Waals surface area contributed by atoms with Crippen LogP contribution in [0.25, 0.3) is 0 Å². The van der Waals surface area contributed by atoms with Crippen LogP contribution in [0.1, 0.15) is 30.1 Å². The second kappa shape index (κ2) is 8.02. The summed E-state index contributed by atoms with van der Waals surface area (Å²) in [7, 11) is 1.77. The van der Waals surface area contributed by atoms with Crippen molar-refractivity contribution in [3.8, 4) is 0 Å². The molecule has 0 fully saturated rings. The maximum atomic E-state index is 12.5. The number of anilines is 1. The van der Waals surface area contributed by atoms with E-state index in [9.17, 15) is 4.79 Å². The number of aliphatic hydroxyl groups excluding tert-OH is 1. The molecule has 0 bridgehead atoms. The van der Waals surface area contributed by atoms with Crippen LogP contribution in [-0.2, 0) is 0 Å². The second-order valence-corrected chi connectivity index (χ2v) is 4.75. The Morgan fingerprint density at radius 1 is 1.42 bits per heavy atom. The highest BCUT2D eigenvalue weighted by molar-refractivity contribution is 6.31. The van der Waals surface area contributed by atoms with Crippen LogP contribution in [0.15, 0.2) is 18.2 Å². The minimum atomic E-state index is -0.102. The van der Waals surface area contributed by atoms with Crippen LogP contribution in [0.5, 0.6) is 0 Å². The molecular weight excluding hydrogens is 264 g/mol. The summed E-state index contributed by atoms with van der Waals surface area (Å²) in [6, 6.07) is 5.19. The van der Waals surface area contributed by atoms with E-state index in [2.05, 4.69) is 12.2 Å². The van der Waals surface area contributed by atoms with Crippen LogP contribution in [0.3, 0.4) is 0 Å². The molecule has 0 saturated carbocycles. The highest BCUT2D eigenvalue weighted by Crippen LogP contribution is 2.22. The van der Waals surface area contributed by atoms with E-state index in [1.54, 1.807) is 30.1 Å². The van der Waals surface area contributed by atoms with Crippen LogP contribution >= 0.6 is 11.6 Å². The van der Waals surface area contributed by atoms with Gasteiger partial charge in [0, 0.05) is 30.8 Å². The normalized spacial score (nSPS) is 10.3. The number of rotatable bonds is 7. The van der Waals surface area contributed by atoms with Gasteiger partial charge in [0.05, 0.1) is 12.2 Å². The Balaban J connectivity index is 2.97. The molecule has 5 heteroatoms. The standard InChI is InChI=1S/C14H21ClN2O2/c1-3-4-7-17(8-9-18)14(19)12-10-11(15)5-6-13(12)16-2/h5-6,10,16,18H,3-4,7-9H2,1-2H3. The minimum absolute atomic E-state index is 0.0368. The number of carbonyl (C=O) groups excluding carboxylic acids is 1. The molecule has 19 heavy (non-hydrogen) atoms. The minimum Gasteiger partial charge on any atom is -0.395 e. The van der Waals surface area contributed by atoms with Gasteiger partial charge in [-0.05, 0) is 24.6 Å². The highest BCUT2D eigenvalue weighted by Gasteiger charge is 2.18. The number of carbonyl (C=O) groups is 1. The average molecular weight is 285 g/mol. The number of benzene rings is 1. The SMILES string of the molecule is CCCCN(CCO)C(=O)c1cc(Cl)ccc1NC. The molecule has 1 aromatic rings. The van der Waals surface area contributed by atoms with E-state index >= 15 is 0 Å². The second-order valence-electron chi connectivity index (χ2n) is 4.31. The molecule has 0 heterocycles. The molecule has 0 unspecified atom stereocenters. The number of unbranched alkanes of at least 4 members (excludes halogenated alkanes) is 1. The van der Waals surface area contributed by atoms with E-state index in [-0.39, 0.29) is 12.5 Å². The molecule has 0 aliphatic rings. The zero-order valence-corrected chi connectivity index (χ0v) is 12.2. The Morgan fingerprint density at radius 2 is 2.16 bits per heavy atom. The van der Waals surface area contributed by atoms with Crippen molar-refractivity contribution >= 4 is 23.2 Å². The lowest BCUT2D eigenvalue weighted by Crippen LogP contribution is -2.34. The number of halogens is 1. The predicted molar refractivity (Wildman–Crippen MR) is 78.9 cm³/mol. The molecule has 0 aromatic heterocycles. The molecule has 4 nitrogen and oxygen atoms in total. The van der Waals surface area contributed by atoms with Crippen molar-refractivity contribution in [1.29, 1.82) is 0 Å². The number of amides is 1. The third-order valence-electron chi connectivity index (χ3n) is 2.92. The lowest BCUT2D eigenvalue weighted by Gasteiger charge is -2.23. The van der Waals surface area contributed by atoms with E-state index < -0.39 is 0 Å². The van der Waals surface area contributed by atoms with Gasteiger partial charge in [-0.1, -0.05) is 24.9 Å². The van der Waals surface area contributed by atoms with E-state index in [1.807, 2.05) is 0 Å². The fourth-order valence-electron chi connectivity index (χ4n) is 1.87. The first-order valence-electron chi connectivity index (χ1n) is 6.51. The van der Waals surface area contributed by atoms with Gasteiger partial charge in [-0.25, -0.2) is 0 Å². The highest BCUT2D eigenvalue weighted by atomic mass is 35.5. The van der Waals surface area contributed by atoms with Gasteiger partial charge in [0.15, 0.2) is 0 Å². The van der Waals surface area contributed by atoms with Gasteiger partial charge in [-0.15, -0.1) is 0 Å². The summed E-state index contributed by atoms with van der Waals surface area (Å²) in [5.41, 5.74) is 1.29. The molecule has 0 saturated heterocycles. The fraction of sp³-hybridized carbons (Fsp3) is 0.500. The van der Waals surface area contributed by atoms with Crippen molar-refractivity contribution in [2.24, 2.45) is 0 Å². The zero-order valence-electron chi connectivity index (χ0n) is 11.4. The van der Waals surface area contributed by atoms with E-state index in [1.165, 1.54) is 0 Å². The first kappa shape index (κ1) is 15.8. The van der Waals surface area contributed by atoms with Crippen LogP contribution in [0, 0.1) is 0 Å². The number of hydrogen-bond donors (Lipinski definition) is 2. The Kier molecular flexibility index (Phi) is 6.67. The third-order valence-corrected chi connectivity index (χ3v) is 3.16. The van der Waals surface area contributed by atoms with Crippen molar-refractivity contribution in [2.75, 3.05) is 32.1 Å². The van der Waals surface area contributed by atoms with E-state index in [0.29, 0.717) is 23.7 Å². The summed E-state index contributed by atoms with van der Waals surface area (Å²) >= 11 is 5.96.